The zero-order valence-corrected chi connectivity index (χ0v) is 9.53. The lowest BCUT2D eigenvalue weighted by Crippen LogP contribution is -1.97. The van der Waals surface area contributed by atoms with E-state index in [0.29, 0.717) is 11.3 Å². The van der Waals surface area contributed by atoms with Crippen molar-refractivity contribution in [3.05, 3.63) is 46.3 Å². The van der Waals surface area contributed by atoms with E-state index in [4.69, 9.17) is 10.5 Å². The molecule has 1 aromatic heterocycles. The molecule has 0 atom stereocenters. The third-order valence-electron chi connectivity index (χ3n) is 2.33. The first kappa shape index (κ1) is 11.8. The maximum Gasteiger partial charge on any atom is 0.276 e. The standard InChI is InChI=1S/C11H10N4O3/c1-7-8(15(16)17)3-2-4-9(7)18-11-5-10(12)13-6-14-11/h2-6H,1H3,(H2,12,13,14). The molecule has 2 N–H and O–H groups in total. The molecular weight excluding hydrogens is 236 g/mol. The van der Waals surface area contributed by atoms with Crippen LogP contribution in [-0.4, -0.2) is 14.9 Å². The zero-order chi connectivity index (χ0) is 13.1. The van der Waals surface area contributed by atoms with Crippen LogP contribution in [0.2, 0.25) is 0 Å². The highest BCUT2D eigenvalue weighted by Gasteiger charge is 2.14. The molecule has 0 fully saturated rings. The highest BCUT2D eigenvalue weighted by atomic mass is 16.6. The summed E-state index contributed by atoms with van der Waals surface area (Å²) in [6, 6.07) is 6.03. The fourth-order valence-electron chi connectivity index (χ4n) is 1.43. The lowest BCUT2D eigenvalue weighted by molar-refractivity contribution is -0.385. The molecule has 0 unspecified atom stereocenters. The van der Waals surface area contributed by atoms with Gasteiger partial charge < -0.3 is 10.5 Å². The molecule has 0 amide bonds. The SMILES string of the molecule is Cc1c(Oc2cc(N)ncn2)cccc1[N+](=O)[O-]. The summed E-state index contributed by atoms with van der Waals surface area (Å²) in [5, 5.41) is 10.8. The Bertz CT molecular complexity index is 601. The number of anilines is 1. The number of aromatic nitrogens is 2. The first-order chi connectivity index (χ1) is 8.58. The van der Waals surface area contributed by atoms with Gasteiger partial charge in [-0.2, -0.15) is 0 Å². The molecule has 92 valence electrons. The smallest absolute Gasteiger partial charge is 0.276 e. The molecule has 0 aliphatic rings. The van der Waals surface area contributed by atoms with Crippen LogP contribution in [0.1, 0.15) is 5.56 Å². The molecule has 1 heterocycles. The topological polar surface area (TPSA) is 104 Å². The van der Waals surface area contributed by atoms with Crippen LogP contribution in [0.25, 0.3) is 0 Å². The van der Waals surface area contributed by atoms with Crippen molar-refractivity contribution < 1.29 is 9.66 Å². The molecule has 7 heteroatoms. The third kappa shape index (κ3) is 2.34. The van der Waals surface area contributed by atoms with Crippen molar-refractivity contribution in [1.29, 1.82) is 0 Å². The van der Waals surface area contributed by atoms with E-state index >= 15 is 0 Å². The van der Waals surface area contributed by atoms with Gasteiger partial charge in [0.2, 0.25) is 5.88 Å². The van der Waals surface area contributed by atoms with E-state index in [1.54, 1.807) is 19.1 Å². The lowest BCUT2D eigenvalue weighted by atomic mass is 10.2. The number of nitrogens with two attached hydrogens (primary N) is 1. The van der Waals surface area contributed by atoms with Crippen LogP contribution in [0.15, 0.2) is 30.6 Å². The first-order valence-electron chi connectivity index (χ1n) is 5.07. The van der Waals surface area contributed by atoms with Crippen molar-refractivity contribution in [2.45, 2.75) is 6.92 Å². The van der Waals surface area contributed by atoms with Gasteiger partial charge in [-0.15, -0.1) is 0 Å². The quantitative estimate of drug-likeness (QED) is 0.656. The first-order valence-corrected chi connectivity index (χ1v) is 5.07. The average molecular weight is 246 g/mol. The van der Waals surface area contributed by atoms with Crippen LogP contribution in [-0.2, 0) is 0 Å². The predicted octanol–water partition coefficient (Wildman–Crippen LogP) is 2.07. The Hall–Kier alpha value is -2.70. The fourth-order valence-corrected chi connectivity index (χ4v) is 1.43. The van der Waals surface area contributed by atoms with Crippen LogP contribution in [0.3, 0.4) is 0 Å². The van der Waals surface area contributed by atoms with Crippen LogP contribution in [0.5, 0.6) is 11.6 Å². The minimum absolute atomic E-state index is 0.00507. The second kappa shape index (κ2) is 4.66. The molecule has 1 aromatic carbocycles. The van der Waals surface area contributed by atoms with Gasteiger partial charge >= 0.3 is 0 Å². The summed E-state index contributed by atoms with van der Waals surface area (Å²) in [4.78, 5) is 17.9. The number of rotatable bonds is 3. The molecule has 0 saturated carbocycles. The number of nitrogen functional groups attached to an aromatic ring is 1. The molecule has 2 aromatic rings. The van der Waals surface area contributed by atoms with Gasteiger partial charge in [-0.25, -0.2) is 9.97 Å². The number of nitro benzene ring substituents is 1. The molecule has 0 bridgehead atoms. The minimum atomic E-state index is -0.462. The van der Waals surface area contributed by atoms with Gasteiger partial charge in [0.25, 0.3) is 5.69 Å². The van der Waals surface area contributed by atoms with Crippen LogP contribution >= 0.6 is 0 Å². The van der Waals surface area contributed by atoms with Gasteiger partial charge in [0, 0.05) is 12.1 Å². The van der Waals surface area contributed by atoms with Crippen molar-refractivity contribution in [2.24, 2.45) is 0 Å². The van der Waals surface area contributed by atoms with Crippen molar-refractivity contribution >= 4 is 11.5 Å². The maximum atomic E-state index is 10.8. The number of hydrogen-bond donors (Lipinski definition) is 1. The van der Waals surface area contributed by atoms with E-state index in [9.17, 15) is 10.1 Å². The number of ether oxygens (including phenoxy) is 1. The van der Waals surface area contributed by atoms with Crippen molar-refractivity contribution in [1.82, 2.24) is 9.97 Å². The summed E-state index contributed by atoms with van der Waals surface area (Å²) in [5.41, 5.74) is 5.91. The Balaban J connectivity index is 2.35. The monoisotopic (exact) mass is 246 g/mol. The largest absolute Gasteiger partial charge is 0.438 e. The summed E-state index contributed by atoms with van der Waals surface area (Å²) in [7, 11) is 0. The Morgan fingerprint density at radius 3 is 2.83 bits per heavy atom. The van der Waals surface area contributed by atoms with Gasteiger partial charge in [-0.05, 0) is 13.0 Å². The summed E-state index contributed by atoms with van der Waals surface area (Å²) in [6.45, 7) is 1.61. The highest BCUT2D eigenvalue weighted by Crippen LogP contribution is 2.30. The van der Waals surface area contributed by atoms with E-state index in [2.05, 4.69) is 9.97 Å². The number of hydrogen-bond acceptors (Lipinski definition) is 6. The van der Waals surface area contributed by atoms with Crippen LogP contribution in [0.4, 0.5) is 11.5 Å². The number of benzene rings is 1. The average Bonchev–Trinajstić information content (AvgIpc) is 2.31. The fraction of sp³-hybridized carbons (Fsp3) is 0.0909. The second-order valence-corrected chi connectivity index (χ2v) is 3.54. The molecule has 2 rings (SSSR count). The van der Waals surface area contributed by atoms with Gasteiger partial charge in [0.1, 0.15) is 17.9 Å². The van der Waals surface area contributed by atoms with Crippen molar-refractivity contribution in [3.8, 4) is 11.6 Å². The summed E-state index contributed by atoms with van der Waals surface area (Å²) >= 11 is 0. The highest BCUT2D eigenvalue weighted by molar-refractivity contribution is 5.49. The van der Waals surface area contributed by atoms with E-state index in [1.807, 2.05) is 0 Å². The molecule has 7 nitrogen and oxygen atoms in total. The second-order valence-electron chi connectivity index (χ2n) is 3.54. The Morgan fingerprint density at radius 1 is 1.39 bits per heavy atom. The van der Waals surface area contributed by atoms with E-state index < -0.39 is 4.92 Å². The van der Waals surface area contributed by atoms with Gasteiger partial charge in [0.15, 0.2) is 0 Å². The number of nitrogens with zero attached hydrogens (tertiary/aromatic N) is 3. The molecule has 0 saturated heterocycles. The minimum Gasteiger partial charge on any atom is -0.438 e. The van der Waals surface area contributed by atoms with Gasteiger partial charge in [0.05, 0.1) is 10.5 Å². The predicted molar refractivity (Wildman–Crippen MR) is 64.4 cm³/mol. The Morgan fingerprint density at radius 2 is 2.17 bits per heavy atom. The summed E-state index contributed by atoms with van der Waals surface area (Å²) in [6.07, 6.45) is 1.26. The molecular formula is C11H10N4O3. The van der Waals surface area contributed by atoms with E-state index in [-0.39, 0.29) is 17.4 Å². The Kier molecular flexibility index (Phi) is 3.05. The maximum absolute atomic E-state index is 10.8. The Labute approximate surface area is 102 Å². The van der Waals surface area contributed by atoms with Gasteiger partial charge in [-0.1, -0.05) is 6.07 Å². The van der Waals surface area contributed by atoms with Crippen LogP contribution in [0, 0.1) is 17.0 Å². The lowest BCUT2D eigenvalue weighted by Gasteiger charge is -2.07. The van der Waals surface area contributed by atoms with Crippen molar-refractivity contribution in [3.63, 3.8) is 0 Å². The molecule has 0 aliphatic heterocycles. The van der Waals surface area contributed by atoms with Crippen molar-refractivity contribution in [2.75, 3.05) is 5.73 Å². The van der Waals surface area contributed by atoms with Crippen LogP contribution < -0.4 is 10.5 Å². The third-order valence-corrected chi connectivity index (χ3v) is 2.33. The molecule has 18 heavy (non-hydrogen) atoms. The molecule has 0 radical (unpaired) electrons. The van der Waals surface area contributed by atoms with E-state index in [1.165, 1.54) is 18.5 Å². The summed E-state index contributed by atoms with van der Waals surface area (Å²) in [5.74, 6) is 0.872. The molecule has 0 aliphatic carbocycles. The normalized spacial score (nSPS) is 10.1. The number of nitro groups is 1. The zero-order valence-electron chi connectivity index (χ0n) is 9.53. The molecule has 0 spiro atoms. The summed E-state index contributed by atoms with van der Waals surface area (Å²) < 4.78 is 5.45. The van der Waals surface area contributed by atoms with Gasteiger partial charge in [-0.3, -0.25) is 10.1 Å². The van der Waals surface area contributed by atoms with E-state index in [0.717, 1.165) is 0 Å².